The molecule has 2 heterocycles. The second kappa shape index (κ2) is 6.78. The molecule has 0 radical (unpaired) electrons. The van der Waals surface area contributed by atoms with E-state index in [1.807, 2.05) is 6.92 Å². The van der Waals surface area contributed by atoms with Gasteiger partial charge >= 0.3 is 10.2 Å². The summed E-state index contributed by atoms with van der Waals surface area (Å²) in [6, 6.07) is 3.64. The Bertz CT molecular complexity index is 1060. The van der Waals surface area contributed by atoms with Crippen LogP contribution < -0.4 is 5.32 Å². The van der Waals surface area contributed by atoms with Crippen molar-refractivity contribution in [3.05, 3.63) is 56.9 Å². The number of aromatic nitrogens is 1. The normalized spacial score (nSPS) is 16.1. The highest BCUT2D eigenvalue weighted by atomic mass is 35.5. The Morgan fingerprint density at radius 3 is 2.73 bits per heavy atom. The molecule has 1 aliphatic heterocycles. The van der Waals surface area contributed by atoms with Gasteiger partial charge < -0.3 is 5.32 Å². The topological polar surface area (TPSA) is 91.7 Å². The second-order valence-electron chi connectivity index (χ2n) is 5.31. The van der Waals surface area contributed by atoms with E-state index in [-0.39, 0.29) is 22.1 Å². The molecule has 26 heavy (non-hydrogen) atoms. The standard InChI is InChI=1S/C15H12ClFN4O3S2/c1-8-7-18-15(25-8)12-6-13(21(2)26(23,24)20-12)14(22)19-9-3-4-11(17)10(16)5-9/h3-7H,1-2H3,(H,19,22). The van der Waals surface area contributed by atoms with Crippen molar-refractivity contribution >= 4 is 50.5 Å². The van der Waals surface area contributed by atoms with E-state index >= 15 is 0 Å². The van der Waals surface area contributed by atoms with E-state index in [4.69, 9.17) is 11.6 Å². The number of carbonyl (C=O) groups excluding carboxylic acids is 1. The Morgan fingerprint density at radius 2 is 2.12 bits per heavy atom. The molecule has 3 rings (SSSR count). The van der Waals surface area contributed by atoms with Crippen LogP contribution in [0.25, 0.3) is 0 Å². The minimum Gasteiger partial charge on any atom is -0.321 e. The number of benzene rings is 1. The maximum absolute atomic E-state index is 13.2. The van der Waals surface area contributed by atoms with Gasteiger partial charge in [0.1, 0.15) is 22.2 Å². The van der Waals surface area contributed by atoms with Gasteiger partial charge in [0.25, 0.3) is 5.91 Å². The summed E-state index contributed by atoms with van der Waals surface area (Å²) < 4.78 is 42.2. The van der Waals surface area contributed by atoms with Gasteiger partial charge in [-0.1, -0.05) is 11.6 Å². The minimum atomic E-state index is -4.08. The van der Waals surface area contributed by atoms with Crippen LogP contribution in [0.2, 0.25) is 5.02 Å². The van der Waals surface area contributed by atoms with Gasteiger partial charge in [0, 0.05) is 23.8 Å². The zero-order chi connectivity index (χ0) is 19.1. The lowest BCUT2D eigenvalue weighted by Crippen LogP contribution is -2.35. The predicted molar refractivity (Wildman–Crippen MR) is 98.2 cm³/mol. The maximum Gasteiger partial charge on any atom is 0.345 e. The molecule has 0 aliphatic carbocycles. The third-order valence-electron chi connectivity index (χ3n) is 3.42. The molecule has 0 saturated carbocycles. The lowest BCUT2D eigenvalue weighted by atomic mass is 10.2. The van der Waals surface area contributed by atoms with Crippen LogP contribution in [0.15, 0.2) is 40.6 Å². The van der Waals surface area contributed by atoms with Gasteiger partial charge in [-0.2, -0.15) is 8.42 Å². The molecular weight excluding hydrogens is 403 g/mol. The fourth-order valence-electron chi connectivity index (χ4n) is 2.11. The fraction of sp³-hybridized carbons (Fsp3) is 0.133. The van der Waals surface area contributed by atoms with Crippen molar-refractivity contribution in [1.82, 2.24) is 9.29 Å². The molecule has 1 amide bonds. The molecule has 136 valence electrons. The highest BCUT2D eigenvalue weighted by Gasteiger charge is 2.30. The number of likely N-dealkylation sites (N-methyl/N-ethyl adjacent to an activating group) is 1. The molecule has 0 bridgehead atoms. The van der Waals surface area contributed by atoms with Gasteiger partial charge in [-0.25, -0.2) is 13.7 Å². The molecule has 1 aromatic heterocycles. The number of aryl methyl sites for hydroxylation is 1. The molecule has 7 nitrogen and oxygen atoms in total. The van der Waals surface area contributed by atoms with Gasteiger partial charge in [-0.3, -0.25) is 4.79 Å². The first-order valence-corrected chi connectivity index (χ1v) is 9.76. The molecular formula is C15H12ClFN4O3S2. The van der Waals surface area contributed by atoms with Crippen molar-refractivity contribution in [2.75, 3.05) is 12.4 Å². The van der Waals surface area contributed by atoms with Crippen LogP contribution in [0.5, 0.6) is 0 Å². The Kier molecular flexibility index (Phi) is 4.82. The molecule has 1 aromatic carbocycles. The van der Waals surface area contributed by atoms with E-state index in [9.17, 15) is 17.6 Å². The Labute approximate surface area is 158 Å². The summed E-state index contributed by atoms with van der Waals surface area (Å²) in [6.45, 7) is 1.82. The average Bonchev–Trinajstić information content (AvgIpc) is 2.99. The van der Waals surface area contributed by atoms with Crippen molar-refractivity contribution in [3.8, 4) is 0 Å². The SMILES string of the molecule is Cc1cnc(C2=NS(=O)(=O)N(C)C(C(=O)Nc3ccc(F)c(Cl)c3)=C2)s1. The number of thiazole rings is 1. The monoisotopic (exact) mass is 414 g/mol. The third kappa shape index (κ3) is 3.62. The van der Waals surface area contributed by atoms with Gasteiger partial charge in [-0.05, 0) is 31.2 Å². The average molecular weight is 415 g/mol. The summed E-state index contributed by atoms with van der Waals surface area (Å²) >= 11 is 6.95. The van der Waals surface area contributed by atoms with E-state index < -0.39 is 21.9 Å². The molecule has 0 fully saturated rings. The summed E-state index contributed by atoms with van der Waals surface area (Å²) in [5, 5.41) is 2.71. The predicted octanol–water partition coefficient (Wildman–Crippen LogP) is 2.75. The van der Waals surface area contributed by atoms with E-state index in [1.54, 1.807) is 6.20 Å². The number of carbonyl (C=O) groups is 1. The summed E-state index contributed by atoms with van der Waals surface area (Å²) in [6.07, 6.45) is 2.92. The van der Waals surface area contributed by atoms with Crippen LogP contribution in [0, 0.1) is 12.7 Å². The quantitative estimate of drug-likeness (QED) is 0.835. The lowest BCUT2D eigenvalue weighted by Gasteiger charge is -2.23. The number of hydrogen-bond acceptors (Lipinski definition) is 5. The minimum absolute atomic E-state index is 0.0727. The number of nitrogens with one attached hydrogen (secondary N) is 1. The number of rotatable bonds is 3. The van der Waals surface area contributed by atoms with Crippen molar-refractivity contribution in [3.63, 3.8) is 0 Å². The highest BCUT2D eigenvalue weighted by molar-refractivity contribution is 7.88. The van der Waals surface area contributed by atoms with Crippen molar-refractivity contribution in [2.45, 2.75) is 6.92 Å². The van der Waals surface area contributed by atoms with E-state index in [2.05, 4.69) is 14.7 Å². The summed E-state index contributed by atoms with van der Waals surface area (Å²) in [5.41, 5.74) is 0.147. The molecule has 1 aliphatic rings. The zero-order valence-electron chi connectivity index (χ0n) is 13.5. The number of nitrogens with zero attached hydrogens (tertiary/aromatic N) is 3. The number of allylic oxidation sites excluding steroid dienone is 1. The van der Waals surface area contributed by atoms with Gasteiger partial charge in [0.2, 0.25) is 0 Å². The van der Waals surface area contributed by atoms with E-state index in [0.717, 1.165) is 15.2 Å². The molecule has 0 spiro atoms. The summed E-state index contributed by atoms with van der Waals surface area (Å²) in [5.74, 6) is -1.34. The van der Waals surface area contributed by atoms with Crippen molar-refractivity contribution < 1.29 is 17.6 Å². The smallest absolute Gasteiger partial charge is 0.321 e. The molecule has 1 N–H and O–H groups in total. The van der Waals surface area contributed by atoms with Crippen LogP contribution in [-0.4, -0.2) is 36.4 Å². The van der Waals surface area contributed by atoms with Crippen LogP contribution in [-0.2, 0) is 15.0 Å². The number of halogens is 2. The number of amides is 1. The third-order valence-corrected chi connectivity index (χ3v) is 5.96. The Hall–Kier alpha value is -2.30. The maximum atomic E-state index is 13.2. The van der Waals surface area contributed by atoms with Crippen molar-refractivity contribution in [1.29, 1.82) is 0 Å². The summed E-state index contributed by atoms with van der Waals surface area (Å²) in [7, 11) is -2.86. The fourth-order valence-corrected chi connectivity index (χ4v) is 3.97. The Morgan fingerprint density at radius 1 is 1.38 bits per heavy atom. The lowest BCUT2D eigenvalue weighted by molar-refractivity contribution is -0.113. The van der Waals surface area contributed by atoms with E-state index in [1.165, 1.54) is 36.6 Å². The van der Waals surface area contributed by atoms with Crippen LogP contribution in [0.4, 0.5) is 10.1 Å². The Balaban J connectivity index is 1.95. The first kappa shape index (κ1) is 18.5. The first-order chi connectivity index (χ1) is 12.2. The van der Waals surface area contributed by atoms with Crippen molar-refractivity contribution in [2.24, 2.45) is 4.40 Å². The molecule has 0 atom stereocenters. The second-order valence-corrected chi connectivity index (χ2v) is 8.58. The van der Waals surface area contributed by atoms with Crippen LogP contribution in [0.3, 0.4) is 0 Å². The molecule has 2 aromatic rings. The van der Waals surface area contributed by atoms with Crippen LogP contribution >= 0.6 is 22.9 Å². The van der Waals surface area contributed by atoms with E-state index in [0.29, 0.717) is 5.01 Å². The van der Waals surface area contributed by atoms with Crippen LogP contribution in [0.1, 0.15) is 9.88 Å². The molecule has 0 unspecified atom stereocenters. The molecule has 0 saturated heterocycles. The highest BCUT2D eigenvalue weighted by Crippen LogP contribution is 2.24. The largest absolute Gasteiger partial charge is 0.345 e. The molecule has 11 heteroatoms. The van der Waals surface area contributed by atoms with Gasteiger partial charge in [0.05, 0.1) is 5.02 Å². The first-order valence-electron chi connectivity index (χ1n) is 7.17. The number of hydrogen-bond donors (Lipinski definition) is 1. The van der Waals surface area contributed by atoms with Gasteiger partial charge in [-0.15, -0.1) is 15.7 Å². The number of anilines is 1. The zero-order valence-corrected chi connectivity index (χ0v) is 15.9. The van der Waals surface area contributed by atoms with Gasteiger partial charge in [0.15, 0.2) is 0 Å². The summed E-state index contributed by atoms with van der Waals surface area (Å²) in [4.78, 5) is 17.5.